The highest BCUT2D eigenvalue weighted by Gasteiger charge is 2.28. The molecule has 2 rings (SSSR count). The van der Waals surface area contributed by atoms with Crippen molar-refractivity contribution in [2.45, 2.75) is 32.6 Å². The zero-order chi connectivity index (χ0) is 18.1. The number of esters is 1. The maximum absolute atomic E-state index is 12.3. The molecule has 6 nitrogen and oxygen atoms in total. The fourth-order valence-electron chi connectivity index (χ4n) is 2.95. The number of carbonyl (C=O) groups is 3. The Morgan fingerprint density at radius 1 is 1.24 bits per heavy atom. The lowest BCUT2D eigenvalue weighted by Crippen LogP contribution is -2.43. The van der Waals surface area contributed by atoms with Crippen LogP contribution in [0.2, 0.25) is 0 Å². The van der Waals surface area contributed by atoms with E-state index in [0.717, 1.165) is 12.8 Å². The van der Waals surface area contributed by atoms with Crippen molar-refractivity contribution >= 4 is 17.8 Å². The van der Waals surface area contributed by atoms with Crippen LogP contribution in [0.1, 0.15) is 43.0 Å². The zero-order valence-corrected chi connectivity index (χ0v) is 14.7. The van der Waals surface area contributed by atoms with Crippen LogP contribution in [-0.2, 0) is 14.3 Å². The first-order chi connectivity index (χ1) is 12.1. The number of hydrogen-bond donors (Lipinski definition) is 1. The van der Waals surface area contributed by atoms with Gasteiger partial charge in [0.25, 0.3) is 5.91 Å². The highest BCUT2D eigenvalue weighted by Crippen LogP contribution is 2.18. The van der Waals surface area contributed by atoms with Crippen LogP contribution in [0, 0.1) is 5.92 Å². The van der Waals surface area contributed by atoms with Crippen LogP contribution in [0.5, 0.6) is 0 Å². The summed E-state index contributed by atoms with van der Waals surface area (Å²) in [6.45, 7) is 3.73. The third kappa shape index (κ3) is 5.89. The smallest absolute Gasteiger partial charge is 0.310 e. The minimum atomic E-state index is -0.213. The lowest BCUT2D eigenvalue weighted by molar-refractivity contribution is -0.151. The van der Waals surface area contributed by atoms with E-state index in [1.807, 2.05) is 18.2 Å². The fourth-order valence-corrected chi connectivity index (χ4v) is 2.95. The number of amides is 2. The van der Waals surface area contributed by atoms with Crippen LogP contribution >= 0.6 is 0 Å². The van der Waals surface area contributed by atoms with Gasteiger partial charge in [0, 0.05) is 31.6 Å². The second-order valence-electron chi connectivity index (χ2n) is 6.16. The van der Waals surface area contributed by atoms with Gasteiger partial charge in [-0.15, -0.1) is 0 Å². The minimum Gasteiger partial charge on any atom is -0.466 e. The van der Waals surface area contributed by atoms with E-state index in [-0.39, 0.29) is 23.7 Å². The van der Waals surface area contributed by atoms with Gasteiger partial charge in [-0.2, -0.15) is 0 Å². The molecule has 1 fully saturated rings. The minimum absolute atomic E-state index is 0.0305. The van der Waals surface area contributed by atoms with Crippen LogP contribution in [0.3, 0.4) is 0 Å². The van der Waals surface area contributed by atoms with Crippen molar-refractivity contribution in [3.8, 4) is 0 Å². The quantitative estimate of drug-likeness (QED) is 0.605. The van der Waals surface area contributed by atoms with Crippen molar-refractivity contribution in [1.29, 1.82) is 0 Å². The van der Waals surface area contributed by atoms with Crippen molar-refractivity contribution < 1.29 is 19.1 Å². The summed E-state index contributed by atoms with van der Waals surface area (Å²) >= 11 is 0. The Bertz CT molecular complexity index is 588. The predicted molar refractivity (Wildman–Crippen MR) is 93.9 cm³/mol. The first-order valence-corrected chi connectivity index (χ1v) is 8.89. The van der Waals surface area contributed by atoms with Crippen LogP contribution in [0.4, 0.5) is 0 Å². The molecule has 1 atom stereocenters. The van der Waals surface area contributed by atoms with E-state index in [1.165, 1.54) is 0 Å². The second-order valence-corrected chi connectivity index (χ2v) is 6.16. The lowest BCUT2D eigenvalue weighted by Gasteiger charge is -2.31. The number of carbonyl (C=O) groups excluding carboxylic acids is 3. The monoisotopic (exact) mass is 346 g/mol. The van der Waals surface area contributed by atoms with Crippen LogP contribution < -0.4 is 5.32 Å². The molecule has 1 N–H and O–H groups in total. The second kappa shape index (κ2) is 9.81. The van der Waals surface area contributed by atoms with Gasteiger partial charge in [-0.25, -0.2) is 0 Å². The molecule has 25 heavy (non-hydrogen) atoms. The third-order valence-electron chi connectivity index (χ3n) is 4.28. The van der Waals surface area contributed by atoms with Crippen molar-refractivity contribution in [3.05, 3.63) is 35.9 Å². The number of rotatable bonds is 7. The molecule has 0 bridgehead atoms. The van der Waals surface area contributed by atoms with E-state index >= 15 is 0 Å². The topological polar surface area (TPSA) is 75.7 Å². The SMILES string of the molecule is CCOC(=O)C1CCCN(C(=O)CCCNC(=O)c2ccccc2)C1. The number of hydrogen-bond acceptors (Lipinski definition) is 4. The highest BCUT2D eigenvalue weighted by atomic mass is 16.5. The molecule has 0 radical (unpaired) electrons. The number of piperidine rings is 1. The molecule has 1 heterocycles. The Morgan fingerprint density at radius 2 is 2.00 bits per heavy atom. The number of ether oxygens (including phenoxy) is 1. The lowest BCUT2D eigenvalue weighted by atomic mass is 9.98. The molecule has 0 spiro atoms. The normalized spacial score (nSPS) is 17.0. The summed E-state index contributed by atoms with van der Waals surface area (Å²) in [4.78, 5) is 37.8. The number of nitrogens with one attached hydrogen (secondary N) is 1. The van der Waals surface area contributed by atoms with Gasteiger partial charge in [0.2, 0.25) is 5.91 Å². The molecule has 136 valence electrons. The van der Waals surface area contributed by atoms with Gasteiger partial charge in [0.1, 0.15) is 0 Å². The summed E-state index contributed by atoms with van der Waals surface area (Å²) in [6, 6.07) is 8.99. The van der Waals surface area contributed by atoms with E-state index in [4.69, 9.17) is 4.74 Å². The van der Waals surface area contributed by atoms with E-state index in [1.54, 1.807) is 24.0 Å². The van der Waals surface area contributed by atoms with Crippen LogP contribution in [0.15, 0.2) is 30.3 Å². The molecule has 1 saturated heterocycles. The number of likely N-dealkylation sites (tertiary alicyclic amines) is 1. The zero-order valence-electron chi connectivity index (χ0n) is 14.7. The Kier molecular flexibility index (Phi) is 7.44. The summed E-state index contributed by atoms with van der Waals surface area (Å²) in [7, 11) is 0. The average Bonchev–Trinajstić information content (AvgIpc) is 2.66. The third-order valence-corrected chi connectivity index (χ3v) is 4.28. The first-order valence-electron chi connectivity index (χ1n) is 8.89. The van der Waals surface area contributed by atoms with E-state index in [2.05, 4.69) is 5.32 Å². The molecule has 0 saturated carbocycles. The standard InChI is InChI=1S/C19H26N2O4/c1-2-25-19(24)16-10-7-13-21(14-16)17(22)11-6-12-20-18(23)15-8-4-3-5-9-15/h3-5,8-9,16H,2,6-7,10-14H2,1H3,(H,20,23). The molecule has 1 aliphatic heterocycles. The predicted octanol–water partition coefficient (Wildman–Crippen LogP) is 2.00. The molecule has 1 aromatic rings. The van der Waals surface area contributed by atoms with Crippen molar-refractivity contribution in [2.24, 2.45) is 5.92 Å². The maximum Gasteiger partial charge on any atom is 0.310 e. The van der Waals surface area contributed by atoms with Crippen LogP contribution in [-0.4, -0.2) is 48.9 Å². The summed E-state index contributed by atoms with van der Waals surface area (Å²) in [5.74, 6) is -0.526. The van der Waals surface area contributed by atoms with Crippen molar-refractivity contribution in [1.82, 2.24) is 10.2 Å². The molecule has 6 heteroatoms. The Morgan fingerprint density at radius 3 is 2.72 bits per heavy atom. The molecular formula is C19H26N2O4. The number of nitrogens with zero attached hydrogens (tertiary/aromatic N) is 1. The van der Waals surface area contributed by atoms with E-state index in [9.17, 15) is 14.4 Å². The van der Waals surface area contributed by atoms with Gasteiger partial charge in [0.15, 0.2) is 0 Å². The molecule has 0 aromatic heterocycles. The molecular weight excluding hydrogens is 320 g/mol. The highest BCUT2D eigenvalue weighted by molar-refractivity contribution is 5.94. The summed E-state index contributed by atoms with van der Waals surface area (Å²) in [5, 5.41) is 2.82. The Balaban J connectivity index is 1.69. The molecule has 1 unspecified atom stereocenters. The number of benzene rings is 1. The van der Waals surface area contributed by atoms with Gasteiger partial charge in [0.05, 0.1) is 12.5 Å². The van der Waals surface area contributed by atoms with Gasteiger partial charge >= 0.3 is 5.97 Å². The van der Waals surface area contributed by atoms with Gasteiger partial charge in [-0.05, 0) is 38.3 Å². The Hall–Kier alpha value is -2.37. The molecule has 1 aliphatic rings. The van der Waals surface area contributed by atoms with Gasteiger partial charge < -0.3 is 15.0 Å². The van der Waals surface area contributed by atoms with Crippen molar-refractivity contribution in [3.63, 3.8) is 0 Å². The summed E-state index contributed by atoms with van der Waals surface area (Å²) in [5.41, 5.74) is 0.613. The average molecular weight is 346 g/mol. The fraction of sp³-hybridized carbons (Fsp3) is 0.526. The maximum atomic E-state index is 12.3. The molecule has 2 amide bonds. The van der Waals surface area contributed by atoms with Crippen LogP contribution in [0.25, 0.3) is 0 Å². The van der Waals surface area contributed by atoms with E-state index < -0.39 is 0 Å². The molecule has 0 aliphatic carbocycles. The largest absolute Gasteiger partial charge is 0.466 e. The summed E-state index contributed by atoms with van der Waals surface area (Å²) < 4.78 is 5.05. The first kappa shape index (κ1) is 19.0. The summed E-state index contributed by atoms with van der Waals surface area (Å²) in [6.07, 6.45) is 2.54. The van der Waals surface area contributed by atoms with Gasteiger partial charge in [-0.3, -0.25) is 14.4 Å². The van der Waals surface area contributed by atoms with Crippen molar-refractivity contribution in [2.75, 3.05) is 26.2 Å². The molecule has 1 aromatic carbocycles. The van der Waals surface area contributed by atoms with Gasteiger partial charge in [-0.1, -0.05) is 18.2 Å². The van der Waals surface area contributed by atoms with E-state index in [0.29, 0.717) is 44.6 Å². The Labute approximate surface area is 148 Å².